The Labute approximate surface area is 82.9 Å². The van der Waals surface area contributed by atoms with Crippen molar-refractivity contribution < 1.29 is 9.53 Å². The van der Waals surface area contributed by atoms with Crippen LogP contribution in [0.1, 0.15) is 28.8 Å². The topological polar surface area (TPSA) is 52.3 Å². The van der Waals surface area contributed by atoms with Crippen molar-refractivity contribution in [2.45, 2.75) is 25.9 Å². The van der Waals surface area contributed by atoms with Gasteiger partial charge in [0.1, 0.15) is 5.75 Å². The van der Waals surface area contributed by atoms with Gasteiger partial charge < -0.3 is 10.5 Å². The molecule has 1 amide bonds. The van der Waals surface area contributed by atoms with Crippen molar-refractivity contribution in [2.24, 2.45) is 5.73 Å². The molecule has 0 aromatic heterocycles. The standard InChI is InChI=1S/C11H13NO2/c1-7-2-5-9(11(12)13)10(6-7)14-8-3-4-8/h2,5-6,8H,3-4H2,1H3,(H2,12,13). The molecule has 0 spiro atoms. The average Bonchev–Trinajstić information content (AvgIpc) is 2.87. The largest absolute Gasteiger partial charge is 0.490 e. The summed E-state index contributed by atoms with van der Waals surface area (Å²) < 4.78 is 5.60. The van der Waals surface area contributed by atoms with Gasteiger partial charge in [-0.25, -0.2) is 0 Å². The molecular weight excluding hydrogens is 178 g/mol. The number of rotatable bonds is 3. The summed E-state index contributed by atoms with van der Waals surface area (Å²) in [5, 5.41) is 0. The van der Waals surface area contributed by atoms with Gasteiger partial charge in [0.05, 0.1) is 11.7 Å². The van der Waals surface area contributed by atoms with E-state index in [1.54, 1.807) is 6.07 Å². The smallest absolute Gasteiger partial charge is 0.252 e. The van der Waals surface area contributed by atoms with Crippen molar-refractivity contribution in [3.05, 3.63) is 29.3 Å². The SMILES string of the molecule is Cc1ccc(C(N)=O)c(OC2CC2)c1. The number of hydrogen-bond donors (Lipinski definition) is 1. The number of benzene rings is 1. The van der Waals surface area contributed by atoms with Crippen LogP contribution >= 0.6 is 0 Å². The molecule has 0 bridgehead atoms. The first kappa shape index (κ1) is 9.06. The van der Waals surface area contributed by atoms with Crippen molar-refractivity contribution in [1.29, 1.82) is 0 Å². The third-order valence-electron chi connectivity index (χ3n) is 2.22. The van der Waals surface area contributed by atoms with Crippen LogP contribution in [0.4, 0.5) is 0 Å². The fourth-order valence-corrected chi connectivity index (χ4v) is 1.30. The second kappa shape index (κ2) is 3.33. The molecule has 1 aliphatic rings. The molecular formula is C11H13NO2. The van der Waals surface area contributed by atoms with Gasteiger partial charge >= 0.3 is 0 Å². The first-order valence-electron chi connectivity index (χ1n) is 4.74. The fourth-order valence-electron chi connectivity index (χ4n) is 1.30. The monoisotopic (exact) mass is 191 g/mol. The summed E-state index contributed by atoms with van der Waals surface area (Å²) in [6.07, 6.45) is 2.44. The second-order valence-electron chi connectivity index (χ2n) is 3.68. The van der Waals surface area contributed by atoms with E-state index in [-0.39, 0.29) is 6.10 Å². The summed E-state index contributed by atoms with van der Waals surface area (Å²) in [4.78, 5) is 11.1. The Morgan fingerprint density at radius 2 is 2.21 bits per heavy atom. The maximum absolute atomic E-state index is 11.1. The summed E-state index contributed by atoms with van der Waals surface area (Å²) >= 11 is 0. The molecule has 2 rings (SSSR count). The van der Waals surface area contributed by atoms with Crippen molar-refractivity contribution >= 4 is 5.91 Å². The van der Waals surface area contributed by atoms with Crippen molar-refractivity contribution in [1.82, 2.24) is 0 Å². The van der Waals surface area contributed by atoms with Crippen LogP contribution in [0.3, 0.4) is 0 Å². The Bertz CT molecular complexity index is 370. The van der Waals surface area contributed by atoms with Crippen LogP contribution in [0.25, 0.3) is 0 Å². The van der Waals surface area contributed by atoms with Gasteiger partial charge in [0, 0.05) is 0 Å². The van der Waals surface area contributed by atoms with Crippen molar-refractivity contribution in [3.63, 3.8) is 0 Å². The van der Waals surface area contributed by atoms with E-state index in [4.69, 9.17) is 10.5 Å². The molecule has 0 aliphatic heterocycles. The molecule has 2 N–H and O–H groups in total. The molecule has 14 heavy (non-hydrogen) atoms. The summed E-state index contributed by atoms with van der Waals surface area (Å²) in [7, 11) is 0. The Balaban J connectivity index is 2.31. The van der Waals surface area contributed by atoms with Gasteiger partial charge in [-0.1, -0.05) is 6.07 Å². The minimum absolute atomic E-state index is 0.287. The Kier molecular flexibility index (Phi) is 2.15. The van der Waals surface area contributed by atoms with Crippen molar-refractivity contribution in [2.75, 3.05) is 0 Å². The Morgan fingerprint density at radius 3 is 2.79 bits per heavy atom. The average molecular weight is 191 g/mol. The Hall–Kier alpha value is -1.51. The molecule has 74 valence electrons. The normalized spacial score (nSPS) is 15.2. The zero-order valence-electron chi connectivity index (χ0n) is 8.12. The first-order chi connectivity index (χ1) is 6.66. The van der Waals surface area contributed by atoms with Crippen molar-refractivity contribution in [3.8, 4) is 5.75 Å². The van der Waals surface area contributed by atoms with E-state index in [0.29, 0.717) is 11.3 Å². The minimum Gasteiger partial charge on any atom is -0.490 e. The molecule has 3 heteroatoms. The maximum atomic E-state index is 11.1. The molecule has 0 atom stereocenters. The highest BCUT2D eigenvalue weighted by Gasteiger charge is 2.25. The van der Waals surface area contributed by atoms with E-state index in [9.17, 15) is 4.79 Å². The summed E-state index contributed by atoms with van der Waals surface area (Å²) in [6.45, 7) is 1.96. The lowest BCUT2D eigenvalue weighted by Gasteiger charge is -2.09. The van der Waals surface area contributed by atoms with Crippen LogP contribution in [-0.2, 0) is 0 Å². The quantitative estimate of drug-likeness (QED) is 0.789. The lowest BCUT2D eigenvalue weighted by atomic mass is 10.1. The van der Waals surface area contributed by atoms with Crippen LogP contribution in [0.2, 0.25) is 0 Å². The third-order valence-corrected chi connectivity index (χ3v) is 2.22. The maximum Gasteiger partial charge on any atom is 0.252 e. The number of nitrogens with two attached hydrogens (primary N) is 1. The van der Waals surface area contributed by atoms with E-state index >= 15 is 0 Å². The van der Waals surface area contributed by atoms with E-state index < -0.39 is 5.91 Å². The molecule has 1 aromatic rings. The molecule has 0 radical (unpaired) electrons. The number of carbonyl (C=O) groups excluding carboxylic acids is 1. The number of hydrogen-bond acceptors (Lipinski definition) is 2. The van der Waals surface area contributed by atoms with Gasteiger partial charge in [0.15, 0.2) is 0 Å². The lowest BCUT2D eigenvalue weighted by molar-refractivity contribution is 0.0996. The van der Waals surface area contributed by atoms with Crippen LogP contribution in [0, 0.1) is 6.92 Å². The molecule has 0 saturated heterocycles. The van der Waals surface area contributed by atoms with Crippen LogP contribution in [0.15, 0.2) is 18.2 Å². The van der Waals surface area contributed by atoms with E-state index in [2.05, 4.69) is 0 Å². The van der Waals surface area contributed by atoms with E-state index in [1.807, 2.05) is 19.1 Å². The number of amides is 1. The van der Waals surface area contributed by atoms with Gasteiger partial charge in [0.25, 0.3) is 5.91 Å². The number of primary amides is 1. The molecule has 3 nitrogen and oxygen atoms in total. The zero-order chi connectivity index (χ0) is 10.1. The second-order valence-corrected chi connectivity index (χ2v) is 3.68. The van der Waals surface area contributed by atoms with E-state index in [1.165, 1.54) is 0 Å². The molecule has 1 fully saturated rings. The van der Waals surface area contributed by atoms with Crippen LogP contribution in [-0.4, -0.2) is 12.0 Å². The van der Waals surface area contributed by atoms with E-state index in [0.717, 1.165) is 18.4 Å². The van der Waals surface area contributed by atoms with Gasteiger partial charge in [0.2, 0.25) is 0 Å². The van der Waals surface area contributed by atoms with Crippen LogP contribution < -0.4 is 10.5 Å². The predicted molar refractivity (Wildman–Crippen MR) is 53.3 cm³/mol. The van der Waals surface area contributed by atoms with Gasteiger partial charge in [-0.3, -0.25) is 4.79 Å². The highest BCUT2D eigenvalue weighted by atomic mass is 16.5. The molecule has 0 heterocycles. The lowest BCUT2D eigenvalue weighted by Crippen LogP contribution is -2.13. The summed E-state index contributed by atoms with van der Waals surface area (Å²) in [5.41, 5.74) is 6.79. The van der Waals surface area contributed by atoms with Crippen LogP contribution in [0.5, 0.6) is 5.75 Å². The summed E-state index contributed by atoms with van der Waals surface area (Å²) in [6, 6.07) is 5.44. The molecule has 1 saturated carbocycles. The molecule has 0 unspecified atom stereocenters. The first-order valence-corrected chi connectivity index (χ1v) is 4.74. The minimum atomic E-state index is -0.430. The highest BCUT2D eigenvalue weighted by Crippen LogP contribution is 2.29. The Morgan fingerprint density at radius 1 is 1.50 bits per heavy atom. The predicted octanol–water partition coefficient (Wildman–Crippen LogP) is 1.64. The van der Waals surface area contributed by atoms with Gasteiger partial charge in [-0.15, -0.1) is 0 Å². The third kappa shape index (κ3) is 1.87. The highest BCUT2D eigenvalue weighted by molar-refractivity contribution is 5.95. The van der Waals surface area contributed by atoms with Gasteiger partial charge in [-0.05, 0) is 37.5 Å². The molecule has 1 aromatic carbocycles. The molecule has 1 aliphatic carbocycles. The fraction of sp³-hybridized carbons (Fsp3) is 0.364. The zero-order valence-corrected chi connectivity index (χ0v) is 8.12. The summed E-state index contributed by atoms with van der Waals surface area (Å²) in [5.74, 6) is 0.195. The number of carbonyl (C=O) groups is 1. The number of ether oxygens (including phenoxy) is 1. The van der Waals surface area contributed by atoms with Gasteiger partial charge in [-0.2, -0.15) is 0 Å². The number of aryl methyl sites for hydroxylation is 1.